The summed E-state index contributed by atoms with van der Waals surface area (Å²) in [5, 5.41) is 2.86. The Morgan fingerprint density at radius 2 is 1.65 bits per heavy atom. The van der Waals surface area contributed by atoms with E-state index in [0.717, 1.165) is 0 Å². The fourth-order valence-corrected chi connectivity index (χ4v) is 1.89. The Balaban J connectivity index is 2.65. The molecule has 110 valence electrons. The number of carbonyl (C=O) groups is 2. The summed E-state index contributed by atoms with van der Waals surface area (Å²) in [6.07, 6.45) is -0.0528. The average Bonchev–Trinajstić information content (AvgIpc) is 2.37. The molecule has 4 nitrogen and oxygen atoms in total. The molecule has 0 saturated carbocycles. The smallest absolute Gasteiger partial charge is 0.251 e. The molecule has 0 saturated heterocycles. The summed E-state index contributed by atoms with van der Waals surface area (Å²) in [5.41, 5.74) is 1.10. The molecule has 0 heterocycles. The van der Waals surface area contributed by atoms with E-state index in [1.165, 1.54) is 6.92 Å². The van der Waals surface area contributed by atoms with Crippen LogP contribution in [-0.4, -0.2) is 31.4 Å². The fraction of sp³-hybridized carbons (Fsp3) is 0.500. The summed E-state index contributed by atoms with van der Waals surface area (Å²) in [7, 11) is 1.64. The molecule has 0 aliphatic rings. The third kappa shape index (κ3) is 4.46. The van der Waals surface area contributed by atoms with Crippen LogP contribution in [0.5, 0.6) is 0 Å². The Bertz CT molecular complexity index is 471. The van der Waals surface area contributed by atoms with Gasteiger partial charge in [-0.05, 0) is 24.5 Å². The van der Waals surface area contributed by atoms with Crippen LogP contribution in [0, 0.1) is 5.41 Å². The molecule has 0 radical (unpaired) electrons. The first-order valence-electron chi connectivity index (χ1n) is 6.67. The van der Waals surface area contributed by atoms with Crippen molar-refractivity contribution in [2.24, 2.45) is 5.41 Å². The van der Waals surface area contributed by atoms with Gasteiger partial charge in [0.25, 0.3) is 5.91 Å². The van der Waals surface area contributed by atoms with Crippen LogP contribution >= 0.6 is 0 Å². The van der Waals surface area contributed by atoms with E-state index in [1.807, 2.05) is 0 Å². The number of nitrogens with one attached hydrogen (secondary N) is 1. The first-order valence-corrected chi connectivity index (χ1v) is 6.67. The molecule has 0 spiro atoms. The Labute approximate surface area is 120 Å². The third-order valence-electron chi connectivity index (χ3n) is 3.25. The highest BCUT2D eigenvalue weighted by atomic mass is 16.5. The highest BCUT2D eigenvalue weighted by Crippen LogP contribution is 2.21. The van der Waals surface area contributed by atoms with Crippen molar-refractivity contribution in [3.8, 4) is 0 Å². The molecule has 0 aromatic heterocycles. The van der Waals surface area contributed by atoms with E-state index in [9.17, 15) is 9.59 Å². The second-order valence-corrected chi connectivity index (χ2v) is 5.93. The first-order chi connectivity index (χ1) is 9.25. The minimum absolute atomic E-state index is 0.0101. The monoisotopic (exact) mass is 277 g/mol. The van der Waals surface area contributed by atoms with Crippen LogP contribution in [0.1, 0.15) is 48.4 Å². The zero-order valence-electron chi connectivity index (χ0n) is 12.8. The Kier molecular flexibility index (Phi) is 5.45. The Morgan fingerprint density at radius 3 is 2.05 bits per heavy atom. The molecule has 20 heavy (non-hydrogen) atoms. The molecule has 1 aromatic carbocycles. The minimum atomic E-state index is -0.161. The van der Waals surface area contributed by atoms with Crippen LogP contribution in [0.4, 0.5) is 0 Å². The predicted molar refractivity (Wildman–Crippen MR) is 79.0 cm³/mol. The van der Waals surface area contributed by atoms with Gasteiger partial charge in [0, 0.05) is 24.8 Å². The number of methoxy groups -OCH3 is 1. The number of amides is 1. The van der Waals surface area contributed by atoms with Gasteiger partial charge < -0.3 is 10.1 Å². The lowest BCUT2D eigenvalue weighted by Crippen LogP contribution is -2.40. The lowest BCUT2D eigenvalue weighted by molar-refractivity contribution is 0.0176. The summed E-state index contributed by atoms with van der Waals surface area (Å²) < 4.78 is 5.39. The Morgan fingerprint density at radius 1 is 1.15 bits per heavy atom. The van der Waals surface area contributed by atoms with Gasteiger partial charge in [0.15, 0.2) is 5.78 Å². The molecular weight excluding hydrogens is 254 g/mol. The number of Topliss-reactive ketones (excluding diaryl/α,β-unsaturated/α-hetero) is 1. The van der Waals surface area contributed by atoms with Gasteiger partial charge in [-0.2, -0.15) is 0 Å². The molecule has 1 atom stereocenters. The molecule has 1 rings (SSSR count). The summed E-state index contributed by atoms with van der Waals surface area (Å²) in [6.45, 7) is 8.15. The standard InChI is InChI=1S/C16H23NO3/c1-11(18)12-6-8-13(9-7-12)15(19)17-10-14(20-5)16(2,3)4/h6-9,14H,10H2,1-5H3,(H,17,19)/t14-/m0/s1. The molecule has 1 aromatic rings. The van der Waals surface area contributed by atoms with E-state index in [2.05, 4.69) is 26.1 Å². The molecular formula is C16H23NO3. The SMILES string of the molecule is CO[C@@H](CNC(=O)c1ccc(C(C)=O)cc1)C(C)(C)C. The van der Waals surface area contributed by atoms with Crippen molar-refractivity contribution in [2.45, 2.75) is 33.8 Å². The van der Waals surface area contributed by atoms with Gasteiger partial charge >= 0.3 is 0 Å². The average molecular weight is 277 g/mol. The van der Waals surface area contributed by atoms with E-state index < -0.39 is 0 Å². The van der Waals surface area contributed by atoms with Crippen LogP contribution in [0.15, 0.2) is 24.3 Å². The normalized spacial score (nSPS) is 12.8. The summed E-state index contributed by atoms with van der Waals surface area (Å²) in [6, 6.07) is 6.64. The number of hydrogen-bond donors (Lipinski definition) is 1. The molecule has 4 heteroatoms. The molecule has 0 fully saturated rings. The molecule has 1 N–H and O–H groups in total. The maximum absolute atomic E-state index is 12.0. The number of rotatable bonds is 5. The van der Waals surface area contributed by atoms with Gasteiger partial charge in [-0.3, -0.25) is 9.59 Å². The van der Waals surface area contributed by atoms with Crippen LogP contribution in [0.2, 0.25) is 0 Å². The Hall–Kier alpha value is -1.68. The van der Waals surface area contributed by atoms with E-state index in [1.54, 1.807) is 31.4 Å². The molecule has 0 aliphatic carbocycles. The van der Waals surface area contributed by atoms with Crippen molar-refractivity contribution in [2.75, 3.05) is 13.7 Å². The van der Waals surface area contributed by atoms with E-state index >= 15 is 0 Å². The lowest BCUT2D eigenvalue weighted by atomic mass is 9.89. The quantitative estimate of drug-likeness (QED) is 0.842. The second kappa shape index (κ2) is 6.66. The number of ether oxygens (including phenoxy) is 1. The van der Waals surface area contributed by atoms with Crippen LogP contribution in [0.3, 0.4) is 0 Å². The topological polar surface area (TPSA) is 55.4 Å². The summed E-state index contributed by atoms with van der Waals surface area (Å²) in [5.74, 6) is -0.171. The molecule has 0 aliphatic heterocycles. The van der Waals surface area contributed by atoms with Crippen molar-refractivity contribution in [1.82, 2.24) is 5.32 Å². The molecule has 1 amide bonds. The van der Waals surface area contributed by atoms with E-state index in [0.29, 0.717) is 17.7 Å². The zero-order valence-corrected chi connectivity index (χ0v) is 12.8. The highest BCUT2D eigenvalue weighted by Gasteiger charge is 2.24. The largest absolute Gasteiger partial charge is 0.379 e. The number of carbonyl (C=O) groups excluding carboxylic acids is 2. The second-order valence-electron chi connectivity index (χ2n) is 5.93. The van der Waals surface area contributed by atoms with Gasteiger partial charge in [-0.1, -0.05) is 32.9 Å². The van der Waals surface area contributed by atoms with Gasteiger partial charge in [-0.15, -0.1) is 0 Å². The van der Waals surface area contributed by atoms with Crippen molar-refractivity contribution in [3.05, 3.63) is 35.4 Å². The van der Waals surface area contributed by atoms with Crippen molar-refractivity contribution in [1.29, 1.82) is 0 Å². The van der Waals surface area contributed by atoms with Gasteiger partial charge in [0.2, 0.25) is 0 Å². The number of benzene rings is 1. The minimum Gasteiger partial charge on any atom is -0.379 e. The maximum Gasteiger partial charge on any atom is 0.251 e. The first kappa shape index (κ1) is 16.4. The number of ketones is 1. The summed E-state index contributed by atoms with van der Waals surface area (Å²) >= 11 is 0. The zero-order chi connectivity index (χ0) is 15.3. The molecule has 0 unspecified atom stereocenters. The number of hydrogen-bond acceptors (Lipinski definition) is 3. The van der Waals surface area contributed by atoms with Crippen molar-refractivity contribution >= 4 is 11.7 Å². The highest BCUT2D eigenvalue weighted by molar-refractivity contribution is 5.97. The van der Waals surface area contributed by atoms with Crippen molar-refractivity contribution < 1.29 is 14.3 Å². The van der Waals surface area contributed by atoms with Crippen molar-refractivity contribution in [3.63, 3.8) is 0 Å². The summed E-state index contributed by atoms with van der Waals surface area (Å²) in [4.78, 5) is 23.2. The third-order valence-corrected chi connectivity index (χ3v) is 3.25. The predicted octanol–water partition coefficient (Wildman–Crippen LogP) is 2.68. The van der Waals surface area contributed by atoms with E-state index in [-0.39, 0.29) is 23.2 Å². The van der Waals surface area contributed by atoms with Gasteiger partial charge in [-0.25, -0.2) is 0 Å². The maximum atomic E-state index is 12.0. The van der Waals surface area contributed by atoms with E-state index in [4.69, 9.17) is 4.74 Å². The molecule has 0 bridgehead atoms. The lowest BCUT2D eigenvalue weighted by Gasteiger charge is -2.29. The van der Waals surface area contributed by atoms with Gasteiger partial charge in [0.1, 0.15) is 0 Å². The van der Waals surface area contributed by atoms with Crippen LogP contribution < -0.4 is 5.32 Å². The fourth-order valence-electron chi connectivity index (χ4n) is 1.89. The van der Waals surface area contributed by atoms with Gasteiger partial charge in [0.05, 0.1) is 6.10 Å². The van der Waals surface area contributed by atoms with Crippen LogP contribution in [0.25, 0.3) is 0 Å². The van der Waals surface area contributed by atoms with Crippen LogP contribution in [-0.2, 0) is 4.74 Å².